The van der Waals surface area contributed by atoms with Gasteiger partial charge in [0.05, 0.1) is 21.8 Å². The van der Waals surface area contributed by atoms with Crippen molar-refractivity contribution in [2.24, 2.45) is 0 Å². The number of halogens is 1. The molecule has 0 spiro atoms. The van der Waals surface area contributed by atoms with Gasteiger partial charge in [0.2, 0.25) is 5.91 Å². The molecule has 1 aromatic rings. The first-order valence-corrected chi connectivity index (χ1v) is 5.00. The lowest BCUT2D eigenvalue weighted by Crippen LogP contribution is -2.18. The number of anilines is 1. The van der Waals surface area contributed by atoms with Crippen LogP contribution in [0.5, 0.6) is 0 Å². The third kappa shape index (κ3) is 2.84. The van der Waals surface area contributed by atoms with Crippen molar-refractivity contribution in [2.75, 3.05) is 3.93 Å². The Balaban J connectivity index is 2.68. The summed E-state index contributed by atoms with van der Waals surface area (Å²) in [5.41, 5.74) is 0.876. The number of rotatable bonds is 3. The second kappa shape index (κ2) is 5.02. The van der Waals surface area contributed by atoms with E-state index in [0.717, 1.165) is 12.1 Å². The Morgan fingerprint density at radius 2 is 2.00 bits per heavy atom. The molecule has 70 valence electrons. The molecule has 0 unspecified atom stereocenters. The SMILES string of the molecule is CCCC(=O)N(Br)c1ccccc1. The molecule has 0 aliphatic heterocycles. The molecule has 3 heteroatoms. The van der Waals surface area contributed by atoms with Crippen LogP contribution in [0, 0.1) is 0 Å². The van der Waals surface area contributed by atoms with Crippen molar-refractivity contribution in [1.29, 1.82) is 0 Å². The van der Waals surface area contributed by atoms with Gasteiger partial charge < -0.3 is 0 Å². The van der Waals surface area contributed by atoms with Crippen LogP contribution >= 0.6 is 16.1 Å². The number of carbonyl (C=O) groups excluding carboxylic acids is 1. The Labute approximate surface area is 86.9 Å². The number of hydrogen-bond acceptors (Lipinski definition) is 1. The minimum Gasteiger partial charge on any atom is -0.274 e. The van der Waals surface area contributed by atoms with Gasteiger partial charge in [-0.2, -0.15) is 0 Å². The second-order valence-electron chi connectivity index (χ2n) is 2.76. The molecule has 0 bridgehead atoms. The van der Waals surface area contributed by atoms with Gasteiger partial charge in [-0.05, 0) is 18.6 Å². The Bertz CT molecular complexity index is 274. The fraction of sp³-hybridized carbons (Fsp3) is 0.300. The van der Waals surface area contributed by atoms with E-state index in [9.17, 15) is 4.79 Å². The van der Waals surface area contributed by atoms with Crippen molar-refractivity contribution < 1.29 is 4.79 Å². The van der Waals surface area contributed by atoms with E-state index in [1.165, 1.54) is 3.93 Å². The molecular weight excluding hydrogens is 230 g/mol. The van der Waals surface area contributed by atoms with E-state index in [1.54, 1.807) is 0 Å². The number of nitrogens with zero attached hydrogens (tertiary/aromatic N) is 1. The molecule has 1 amide bonds. The van der Waals surface area contributed by atoms with Crippen molar-refractivity contribution in [3.8, 4) is 0 Å². The van der Waals surface area contributed by atoms with Gasteiger partial charge in [0.15, 0.2) is 0 Å². The highest BCUT2D eigenvalue weighted by Crippen LogP contribution is 2.18. The Morgan fingerprint density at radius 1 is 1.38 bits per heavy atom. The largest absolute Gasteiger partial charge is 0.274 e. The molecule has 0 aliphatic rings. The summed E-state index contributed by atoms with van der Waals surface area (Å²) in [4.78, 5) is 11.4. The summed E-state index contributed by atoms with van der Waals surface area (Å²) >= 11 is 3.24. The van der Waals surface area contributed by atoms with Gasteiger partial charge in [0.25, 0.3) is 0 Å². The standard InChI is InChI=1S/C10H12BrNO/c1-2-6-10(13)12(11)9-7-4-3-5-8-9/h3-5,7-8H,2,6H2,1H3. The minimum absolute atomic E-state index is 0.0914. The maximum Gasteiger partial charge on any atom is 0.237 e. The second-order valence-corrected chi connectivity index (χ2v) is 3.47. The van der Waals surface area contributed by atoms with Crippen LogP contribution in [0.1, 0.15) is 19.8 Å². The number of carbonyl (C=O) groups is 1. The molecule has 0 aromatic heterocycles. The molecule has 0 radical (unpaired) electrons. The summed E-state index contributed by atoms with van der Waals surface area (Å²) in [6.45, 7) is 1.99. The number of para-hydroxylation sites is 1. The Kier molecular flexibility index (Phi) is 3.96. The highest BCUT2D eigenvalue weighted by molar-refractivity contribution is 9.10. The normalized spacial score (nSPS) is 9.69. The van der Waals surface area contributed by atoms with Crippen LogP contribution in [0.25, 0.3) is 0 Å². The average Bonchev–Trinajstić information content (AvgIpc) is 2.18. The zero-order chi connectivity index (χ0) is 9.68. The van der Waals surface area contributed by atoms with Crippen LogP contribution in [0.3, 0.4) is 0 Å². The topological polar surface area (TPSA) is 20.3 Å². The van der Waals surface area contributed by atoms with E-state index in [-0.39, 0.29) is 5.91 Å². The lowest BCUT2D eigenvalue weighted by molar-refractivity contribution is -0.117. The van der Waals surface area contributed by atoms with Crippen LogP contribution in [0.15, 0.2) is 30.3 Å². The summed E-state index contributed by atoms with van der Waals surface area (Å²) in [7, 11) is 0. The Hall–Kier alpha value is -0.830. The predicted molar refractivity (Wildman–Crippen MR) is 57.8 cm³/mol. The minimum atomic E-state index is 0.0914. The first kappa shape index (κ1) is 10.3. The summed E-state index contributed by atoms with van der Waals surface area (Å²) in [5.74, 6) is 0.0914. The van der Waals surface area contributed by atoms with Crippen LogP contribution in [-0.2, 0) is 4.79 Å². The van der Waals surface area contributed by atoms with Crippen LogP contribution in [0.4, 0.5) is 5.69 Å². The first-order chi connectivity index (χ1) is 6.25. The molecule has 0 N–H and O–H groups in total. The molecule has 0 aliphatic carbocycles. The van der Waals surface area contributed by atoms with E-state index >= 15 is 0 Å². The molecule has 0 saturated heterocycles. The van der Waals surface area contributed by atoms with E-state index in [4.69, 9.17) is 0 Å². The number of amides is 1. The Morgan fingerprint density at radius 3 is 2.54 bits per heavy atom. The van der Waals surface area contributed by atoms with Gasteiger partial charge in [-0.25, -0.2) is 3.93 Å². The fourth-order valence-corrected chi connectivity index (χ4v) is 1.43. The van der Waals surface area contributed by atoms with Crippen molar-refractivity contribution in [1.82, 2.24) is 0 Å². The monoisotopic (exact) mass is 241 g/mol. The third-order valence-electron chi connectivity index (χ3n) is 1.67. The van der Waals surface area contributed by atoms with Gasteiger partial charge >= 0.3 is 0 Å². The lowest BCUT2D eigenvalue weighted by atomic mass is 10.3. The molecule has 0 fully saturated rings. The molecule has 0 atom stereocenters. The van der Waals surface area contributed by atoms with Gasteiger partial charge in [0, 0.05) is 6.42 Å². The van der Waals surface area contributed by atoms with Crippen molar-refractivity contribution in [3.05, 3.63) is 30.3 Å². The summed E-state index contributed by atoms with van der Waals surface area (Å²) in [6.07, 6.45) is 1.44. The van der Waals surface area contributed by atoms with Crippen molar-refractivity contribution >= 4 is 27.7 Å². The zero-order valence-electron chi connectivity index (χ0n) is 7.53. The van der Waals surface area contributed by atoms with Crippen molar-refractivity contribution in [2.45, 2.75) is 19.8 Å². The van der Waals surface area contributed by atoms with Gasteiger partial charge in [0.1, 0.15) is 0 Å². The van der Waals surface area contributed by atoms with E-state index in [2.05, 4.69) is 16.1 Å². The first-order valence-electron chi connectivity index (χ1n) is 4.29. The maximum absolute atomic E-state index is 11.4. The third-order valence-corrected chi connectivity index (χ3v) is 2.47. The van der Waals surface area contributed by atoms with E-state index < -0.39 is 0 Å². The van der Waals surface area contributed by atoms with Gasteiger partial charge in [-0.3, -0.25) is 4.79 Å². The molecule has 0 heterocycles. The summed E-state index contributed by atoms with van der Waals surface area (Å²) < 4.78 is 1.51. The molecular formula is C10H12BrNO. The summed E-state index contributed by atoms with van der Waals surface area (Å²) in [6, 6.07) is 9.52. The summed E-state index contributed by atoms with van der Waals surface area (Å²) in [5, 5.41) is 0. The molecule has 13 heavy (non-hydrogen) atoms. The van der Waals surface area contributed by atoms with Crippen LogP contribution < -0.4 is 3.93 Å². The number of hydrogen-bond donors (Lipinski definition) is 0. The van der Waals surface area contributed by atoms with Gasteiger partial charge in [-0.1, -0.05) is 25.1 Å². The molecule has 2 nitrogen and oxygen atoms in total. The van der Waals surface area contributed by atoms with Crippen molar-refractivity contribution in [3.63, 3.8) is 0 Å². The predicted octanol–water partition coefficient (Wildman–Crippen LogP) is 3.13. The number of benzene rings is 1. The quantitative estimate of drug-likeness (QED) is 0.745. The molecule has 1 aromatic carbocycles. The highest BCUT2D eigenvalue weighted by Gasteiger charge is 2.10. The smallest absolute Gasteiger partial charge is 0.237 e. The zero-order valence-corrected chi connectivity index (χ0v) is 9.12. The van der Waals surface area contributed by atoms with E-state index in [0.29, 0.717) is 6.42 Å². The average molecular weight is 242 g/mol. The maximum atomic E-state index is 11.4. The van der Waals surface area contributed by atoms with Crippen LogP contribution in [-0.4, -0.2) is 5.91 Å². The van der Waals surface area contributed by atoms with E-state index in [1.807, 2.05) is 37.3 Å². The lowest BCUT2D eigenvalue weighted by Gasteiger charge is -2.13. The highest BCUT2D eigenvalue weighted by atomic mass is 79.9. The van der Waals surface area contributed by atoms with Crippen LogP contribution in [0.2, 0.25) is 0 Å². The molecule has 1 rings (SSSR count). The van der Waals surface area contributed by atoms with Gasteiger partial charge in [-0.15, -0.1) is 0 Å². The fourth-order valence-electron chi connectivity index (χ4n) is 1.01. The molecule has 0 saturated carbocycles.